The van der Waals surface area contributed by atoms with E-state index in [0.29, 0.717) is 0 Å². The average Bonchev–Trinajstić information content (AvgIpc) is 2.50. The van der Waals surface area contributed by atoms with E-state index in [1.165, 1.54) is 12.0 Å². The van der Waals surface area contributed by atoms with Crippen LogP contribution in [-0.2, 0) is 6.54 Å². The minimum atomic E-state index is -0.601. The number of halogens is 1. The zero-order chi connectivity index (χ0) is 13.8. The lowest BCUT2D eigenvalue weighted by Crippen LogP contribution is -2.53. The Balaban J connectivity index is 1.49. The van der Waals surface area contributed by atoms with Crippen LogP contribution in [0.2, 0.25) is 0 Å². The minimum Gasteiger partial charge on any atom is -0.297 e. The van der Waals surface area contributed by atoms with Crippen molar-refractivity contribution in [2.75, 3.05) is 26.2 Å². The van der Waals surface area contributed by atoms with Crippen LogP contribution in [-0.4, -0.2) is 53.2 Å². The van der Waals surface area contributed by atoms with Gasteiger partial charge in [-0.2, -0.15) is 0 Å². The molecule has 3 nitrogen and oxygen atoms in total. The van der Waals surface area contributed by atoms with Crippen molar-refractivity contribution >= 4 is 0 Å². The second-order valence-corrected chi connectivity index (χ2v) is 6.04. The quantitative estimate of drug-likeness (QED) is 0.846. The van der Waals surface area contributed by atoms with Crippen molar-refractivity contribution in [1.82, 2.24) is 14.8 Å². The van der Waals surface area contributed by atoms with Crippen molar-refractivity contribution in [2.45, 2.75) is 44.4 Å². The number of hydrogen-bond donors (Lipinski definition) is 0. The highest BCUT2D eigenvalue weighted by Gasteiger charge is 2.31. The fraction of sp³-hybridized carbons (Fsp3) is 0.688. The number of piperazine rings is 1. The Hall–Kier alpha value is -1.00. The SMILES string of the molecule is F[C@@H]1CCCC[C@H]1N1CCN(Cc2ccncc2)CC1. The predicted octanol–water partition coefficient (Wildman–Crippen LogP) is 2.48. The molecule has 3 rings (SSSR count). The van der Waals surface area contributed by atoms with Crippen molar-refractivity contribution in [3.63, 3.8) is 0 Å². The van der Waals surface area contributed by atoms with Gasteiger partial charge in [-0.3, -0.25) is 14.8 Å². The summed E-state index contributed by atoms with van der Waals surface area (Å²) in [4.78, 5) is 8.89. The van der Waals surface area contributed by atoms with Crippen molar-refractivity contribution in [3.05, 3.63) is 30.1 Å². The fourth-order valence-electron chi connectivity index (χ4n) is 3.48. The van der Waals surface area contributed by atoms with Gasteiger partial charge in [0.25, 0.3) is 0 Å². The first-order chi connectivity index (χ1) is 9.83. The maximum absolute atomic E-state index is 14.0. The van der Waals surface area contributed by atoms with Crippen LogP contribution in [0.5, 0.6) is 0 Å². The molecular formula is C16H24FN3. The van der Waals surface area contributed by atoms with E-state index in [2.05, 4.69) is 26.9 Å². The summed E-state index contributed by atoms with van der Waals surface area (Å²) in [6, 6.07) is 4.34. The molecule has 2 atom stereocenters. The van der Waals surface area contributed by atoms with E-state index in [1.54, 1.807) is 0 Å². The first kappa shape index (κ1) is 14.0. The van der Waals surface area contributed by atoms with Gasteiger partial charge in [0.1, 0.15) is 6.17 Å². The topological polar surface area (TPSA) is 19.4 Å². The van der Waals surface area contributed by atoms with Crippen LogP contribution >= 0.6 is 0 Å². The molecule has 0 radical (unpaired) electrons. The van der Waals surface area contributed by atoms with Crippen LogP contribution in [0.3, 0.4) is 0 Å². The van der Waals surface area contributed by atoms with E-state index in [9.17, 15) is 4.39 Å². The predicted molar refractivity (Wildman–Crippen MR) is 78.2 cm³/mol. The van der Waals surface area contributed by atoms with Gasteiger partial charge >= 0.3 is 0 Å². The van der Waals surface area contributed by atoms with Gasteiger partial charge in [0.05, 0.1) is 0 Å². The largest absolute Gasteiger partial charge is 0.297 e. The lowest BCUT2D eigenvalue weighted by atomic mass is 9.92. The zero-order valence-corrected chi connectivity index (χ0v) is 12.0. The molecule has 4 heteroatoms. The lowest BCUT2D eigenvalue weighted by molar-refractivity contribution is 0.0327. The molecule has 110 valence electrons. The Morgan fingerprint density at radius 1 is 1.05 bits per heavy atom. The van der Waals surface area contributed by atoms with Gasteiger partial charge in [-0.1, -0.05) is 12.8 Å². The molecule has 1 aliphatic heterocycles. The summed E-state index contributed by atoms with van der Waals surface area (Å²) >= 11 is 0. The van der Waals surface area contributed by atoms with Gasteiger partial charge in [-0.15, -0.1) is 0 Å². The molecule has 2 aliphatic rings. The molecule has 1 saturated heterocycles. The van der Waals surface area contributed by atoms with E-state index in [-0.39, 0.29) is 6.04 Å². The molecule has 1 saturated carbocycles. The fourth-order valence-corrected chi connectivity index (χ4v) is 3.48. The molecule has 1 aromatic heterocycles. The number of nitrogens with zero attached hydrogens (tertiary/aromatic N) is 3. The number of rotatable bonds is 3. The third-order valence-electron chi connectivity index (χ3n) is 4.68. The summed E-state index contributed by atoms with van der Waals surface area (Å²) < 4.78 is 14.0. The second kappa shape index (κ2) is 6.64. The summed E-state index contributed by atoms with van der Waals surface area (Å²) in [7, 11) is 0. The highest BCUT2D eigenvalue weighted by molar-refractivity contribution is 5.09. The van der Waals surface area contributed by atoms with E-state index >= 15 is 0 Å². The highest BCUT2D eigenvalue weighted by atomic mass is 19.1. The van der Waals surface area contributed by atoms with Gasteiger partial charge in [0.15, 0.2) is 0 Å². The maximum Gasteiger partial charge on any atom is 0.116 e. The number of aromatic nitrogens is 1. The molecule has 0 bridgehead atoms. The summed E-state index contributed by atoms with van der Waals surface area (Å²) in [6.45, 7) is 5.10. The summed E-state index contributed by atoms with van der Waals surface area (Å²) in [5.74, 6) is 0. The standard InChI is InChI=1S/C16H24FN3/c17-15-3-1-2-4-16(15)20-11-9-19(10-12-20)13-14-5-7-18-8-6-14/h5-8,15-16H,1-4,9-13H2/t15-,16-/m1/s1. The summed E-state index contributed by atoms with van der Waals surface area (Å²) in [6.07, 6.45) is 7.17. The first-order valence-electron chi connectivity index (χ1n) is 7.82. The number of hydrogen-bond acceptors (Lipinski definition) is 3. The summed E-state index contributed by atoms with van der Waals surface area (Å²) in [5.41, 5.74) is 1.31. The molecule has 2 heterocycles. The van der Waals surface area contributed by atoms with Crippen LogP contribution in [0.25, 0.3) is 0 Å². The van der Waals surface area contributed by atoms with Crippen molar-refractivity contribution < 1.29 is 4.39 Å². The van der Waals surface area contributed by atoms with Gasteiger partial charge in [0, 0.05) is 51.2 Å². The van der Waals surface area contributed by atoms with Crippen LogP contribution in [0, 0.1) is 0 Å². The van der Waals surface area contributed by atoms with Crippen LogP contribution in [0.4, 0.5) is 4.39 Å². The first-order valence-corrected chi connectivity index (χ1v) is 7.82. The third kappa shape index (κ3) is 3.36. The Labute approximate surface area is 120 Å². The van der Waals surface area contributed by atoms with E-state index in [4.69, 9.17) is 0 Å². The van der Waals surface area contributed by atoms with E-state index in [1.807, 2.05) is 12.4 Å². The lowest BCUT2D eigenvalue weighted by Gasteiger charge is -2.42. The monoisotopic (exact) mass is 277 g/mol. The van der Waals surface area contributed by atoms with Crippen molar-refractivity contribution in [2.24, 2.45) is 0 Å². The van der Waals surface area contributed by atoms with Gasteiger partial charge in [-0.05, 0) is 30.5 Å². The van der Waals surface area contributed by atoms with Crippen LogP contribution in [0.15, 0.2) is 24.5 Å². The molecule has 0 amide bonds. The maximum atomic E-state index is 14.0. The smallest absolute Gasteiger partial charge is 0.116 e. The molecule has 20 heavy (non-hydrogen) atoms. The number of pyridine rings is 1. The zero-order valence-electron chi connectivity index (χ0n) is 12.0. The van der Waals surface area contributed by atoms with E-state index < -0.39 is 6.17 Å². The molecule has 0 spiro atoms. The average molecular weight is 277 g/mol. The third-order valence-corrected chi connectivity index (χ3v) is 4.68. The molecule has 0 unspecified atom stereocenters. The van der Waals surface area contributed by atoms with Gasteiger partial charge < -0.3 is 0 Å². The van der Waals surface area contributed by atoms with Gasteiger partial charge in [0.2, 0.25) is 0 Å². The van der Waals surface area contributed by atoms with Crippen molar-refractivity contribution in [1.29, 1.82) is 0 Å². The Bertz CT molecular complexity index is 403. The van der Waals surface area contributed by atoms with Crippen LogP contribution in [0.1, 0.15) is 31.2 Å². The van der Waals surface area contributed by atoms with Gasteiger partial charge in [-0.25, -0.2) is 4.39 Å². The van der Waals surface area contributed by atoms with Crippen molar-refractivity contribution in [3.8, 4) is 0 Å². The second-order valence-electron chi connectivity index (χ2n) is 6.04. The number of alkyl halides is 1. The Kier molecular flexibility index (Phi) is 4.63. The molecule has 1 aromatic rings. The minimum absolute atomic E-state index is 0.187. The summed E-state index contributed by atoms with van der Waals surface area (Å²) in [5, 5.41) is 0. The molecule has 2 fully saturated rings. The molecule has 1 aliphatic carbocycles. The molecule has 0 aromatic carbocycles. The molecular weight excluding hydrogens is 253 g/mol. The Morgan fingerprint density at radius 3 is 2.45 bits per heavy atom. The highest BCUT2D eigenvalue weighted by Crippen LogP contribution is 2.26. The van der Waals surface area contributed by atoms with E-state index in [0.717, 1.165) is 52.0 Å². The Morgan fingerprint density at radius 2 is 1.75 bits per heavy atom. The normalized spacial score (nSPS) is 29.4. The van der Waals surface area contributed by atoms with Crippen LogP contribution < -0.4 is 0 Å². The molecule has 0 N–H and O–H groups in total.